The lowest BCUT2D eigenvalue weighted by Gasteiger charge is -2.17. The van der Waals surface area contributed by atoms with Crippen LogP contribution >= 0.6 is 0 Å². The van der Waals surface area contributed by atoms with Crippen LogP contribution in [0.2, 0.25) is 0 Å². The van der Waals surface area contributed by atoms with Crippen LogP contribution in [0.15, 0.2) is 48.5 Å². The van der Waals surface area contributed by atoms with Crippen LogP contribution in [-0.4, -0.2) is 39.8 Å². The fraction of sp³-hybridized carbons (Fsp3) is 0.350. The van der Waals surface area contributed by atoms with E-state index in [1.165, 1.54) is 4.31 Å². The summed E-state index contributed by atoms with van der Waals surface area (Å²) in [5.41, 5.74) is 1.24. The average molecular weight is 404 g/mol. The minimum Gasteiger partial charge on any atom is -0.494 e. The number of hydrogen-bond acceptors (Lipinski definition) is 5. The first-order valence-corrected chi connectivity index (χ1v) is 10.8. The number of nitrogens with zero attached hydrogens (tertiary/aromatic N) is 1. The van der Waals surface area contributed by atoms with Gasteiger partial charge in [0.15, 0.2) is 0 Å². The van der Waals surface area contributed by atoms with Gasteiger partial charge < -0.3 is 14.8 Å². The summed E-state index contributed by atoms with van der Waals surface area (Å²) in [4.78, 5) is 12.1. The predicted octanol–water partition coefficient (Wildman–Crippen LogP) is 3.03. The molecule has 1 aliphatic heterocycles. The number of carbonyl (C=O) groups is 1. The SMILES string of the molecule is CCOc1ccc(OCCC(=O)Nc2ccc(N3CCCS3(=O)=O)cc2)cc1. The molecule has 0 unspecified atom stereocenters. The van der Waals surface area contributed by atoms with Gasteiger partial charge in [0, 0.05) is 12.2 Å². The number of hydrogen-bond donors (Lipinski definition) is 1. The molecule has 1 amide bonds. The van der Waals surface area contributed by atoms with Crippen molar-refractivity contribution in [2.45, 2.75) is 19.8 Å². The number of nitrogens with one attached hydrogen (secondary N) is 1. The number of amides is 1. The van der Waals surface area contributed by atoms with E-state index in [4.69, 9.17) is 9.47 Å². The Morgan fingerprint density at radius 3 is 2.25 bits per heavy atom. The molecule has 1 saturated heterocycles. The van der Waals surface area contributed by atoms with Gasteiger partial charge in [0.1, 0.15) is 11.5 Å². The number of anilines is 2. The normalized spacial score (nSPS) is 15.2. The number of sulfonamides is 1. The highest BCUT2D eigenvalue weighted by atomic mass is 32.2. The Morgan fingerprint density at radius 1 is 1.04 bits per heavy atom. The van der Waals surface area contributed by atoms with Crippen molar-refractivity contribution in [1.29, 1.82) is 0 Å². The van der Waals surface area contributed by atoms with Crippen LogP contribution < -0.4 is 19.1 Å². The molecule has 0 radical (unpaired) electrons. The van der Waals surface area contributed by atoms with Crippen LogP contribution in [0, 0.1) is 0 Å². The van der Waals surface area contributed by atoms with E-state index in [-0.39, 0.29) is 24.7 Å². The molecule has 0 aromatic heterocycles. The van der Waals surface area contributed by atoms with E-state index >= 15 is 0 Å². The summed E-state index contributed by atoms with van der Waals surface area (Å²) in [5, 5.41) is 2.79. The molecule has 0 aliphatic carbocycles. The summed E-state index contributed by atoms with van der Waals surface area (Å²) < 4.78 is 36.2. The van der Waals surface area contributed by atoms with Crippen molar-refractivity contribution < 1.29 is 22.7 Å². The van der Waals surface area contributed by atoms with Crippen molar-refractivity contribution in [3.8, 4) is 11.5 Å². The lowest BCUT2D eigenvalue weighted by atomic mass is 10.2. The highest BCUT2D eigenvalue weighted by Gasteiger charge is 2.28. The molecule has 0 bridgehead atoms. The van der Waals surface area contributed by atoms with Gasteiger partial charge in [-0.05, 0) is 61.9 Å². The van der Waals surface area contributed by atoms with E-state index in [2.05, 4.69) is 5.32 Å². The summed E-state index contributed by atoms with van der Waals surface area (Å²) in [6.07, 6.45) is 0.838. The first kappa shape index (κ1) is 20.0. The monoisotopic (exact) mass is 404 g/mol. The van der Waals surface area contributed by atoms with Crippen LogP contribution in [0.4, 0.5) is 11.4 Å². The first-order chi connectivity index (χ1) is 13.5. The van der Waals surface area contributed by atoms with Crippen LogP contribution in [0.25, 0.3) is 0 Å². The van der Waals surface area contributed by atoms with Gasteiger partial charge in [0.05, 0.1) is 31.1 Å². The maximum Gasteiger partial charge on any atom is 0.235 e. The highest BCUT2D eigenvalue weighted by molar-refractivity contribution is 7.93. The van der Waals surface area contributed by atoms with Gasteiger partial charge in [-0.15, -0.1) is 0 Å². The molecule has 7 nitrogen and oxygen atoms in total. The first-order valence-electron chi connectivity index (χ1n) is 9.24. The summed E-state index contributed by atoms with van der Waals surface area (Å²) in [5.74, 6) is 1.46. The minimum absolute atomic E-state index is 0.174. The predicted molar refractivity (Wildman–Crippen MR) is 109 cm³/mol. The second kappa shape index (κ2) is 8.97. The van der Waals surface area contributed by atoms with Gasteiger partial charge in [-0.1, -0.05) is 0 Å². The molecule has 1 fully saturated rings. The van der Waals surface area contributed by atoms with E-state index in [1.807, 2.05) is 19.1 Å². The molecule has 0 spiro atoms. The van der Waals surface area contributed by atoms with Gasteiger partial charge in [-0.25, -0.2) is 8.42 Å². The smallest absolute Gasteiger partial charge is 0.235 e. The summed E-state index contributed by atoms with van der Waals surface area (Å²) in [7, 11) is -3.20. The molecule has 0 saturated carbocycles. The molecule has 1 heterocycles. The molecule has 0 atom stereocenters. The second-order valence-electron chi connectivity index (χ2n) is 6.34. The highest BCUT2D eigenvalue weighted by Crippen LogP contribution is 2.25. The van der Waals surface area contributed by atoms with Crippen LogP contribution in [0.5, 0.6) is 11.5 Å². The van der Waals surface area contributed by atoms with E-state index in [0.717, 1.165) is 5.75 Å². The van der Waals surface area contributed by atoms with Gasteiger partial charge >= 0.3 is 0 Å². The third kappa shape index (κ3) is 5.16. The summed E-state index contributed by atoms with van der Waals surface area (Å²) in [6, 6.07) is 14.1. The molecular formula is C20H24N2O5S. The third-order valence-electron chi connectivity index (χ3n) is 4.27. The molecular weight excluding hydrogens is 380 g/mol. The minimum atomic E-state index is -3.20. The van der Waals surface area contributed by atoms with Gasteiger partial charge in [-0.3, -0.25) is 9.10 Å². The molecule has 1 aliphatic rings. The molecule has 1 N–H and O–H groups in total. The lowest BCUT2D eigenvalue weighted by molar-refractivity contribution is -0.116. The van der Waals surface area contributed by atoms with Crippen molar-refractivity contribution in [3.63, 3.8) is 0 Å². The average Bonchev–Trinajstić information content (AvgIpc) is 3.03. The summed E-state index contributed by atoms with van der Waals surface area (Å²) in [6.45, 7) is 3.28. The largest absolute Gasteiger partial charge is 0.494 e. The Balaban J connectivity index is 1.45. The van der Waals surface area contributed by atoms with Crippen molar-refractivity contribution in [2.24, 2.45) is 0 Å². The van der Waals surface area contributed by atoms with Crippen LogP contribution in [0.1, 0.15) is 19.8 Å². The van der Waals surface area contributed by atoms with Gasteiger partial charge in [0.2, 0.25) is 15.9 Å². The zero-order chi connectivity index (χ0) is 20.0. The van der Waals surface area contributed by atoms with Gasteiger partial charge in [-0.2, -0.15) is 0 Å². The molecule has 3 rings (SSSR count). The maximum atomic E-state index is 12.1. The fourth-order valence-corrected chi connectivity index (χ4v) is 4.49. The number of benzene rings is 2. The molecule has 28 heavy (non-hydrogen) atoms. The van der Waals surface area contributed by atoms with Crippen molar-refractivity contribution in [3.05, 3.63) is 48.5 Å². The number of carbonyl (C=O) groups excluding carboxylic acids is 1. The Hall–Kier alpha value is -2.74. The Kier molecular flexibility index (Phi) is 6.41. The Morgan fingerprint density at radius 2 is 1.68 bits per heavy atom. The third-order valence-corrected chi connectivity index (χ3v) is 6.14. The molecule has 8 heteroatoms. The van der Waals surface area contributed by atoms with Gasteiger partial charge in [0.25, 0.3) is 0 Å². The number of ether oxygens (including phenoxy) is 2. The van der Waals surface area contributed by atoms with Crippen molar-refractivity contribution >= 4 is 27.3 Å². The summed E-state index contributed by atoms with van der Waals surface area (Å²) >= 11 is 0. The quantitative estimate of drug-likeness (QED) is 0.731. The van der Waals surface area contributed by atoms with Crippen molar-refractivity contribution in [2.75, 3.05) is 35.1 Å². The van der Waals surface area contributed by atoms with E-state index < -0.39 is 10.0 Å². The zero-order valence-corrected chi connectivity index (χ0v) is 16.6. The second-order valence-corrected chi connectivity index (χ2v) is 8.35. The van der Waals surface area contributed by atoms with E-state index in [0.29, 0.717) is 36.7 Å². The Labute approximate surface area is 165 Å². The zero-order valence-electron chi connectivity index (χ0n) is 15.8. The number of rotatable bonds is 8. The van der Waals surface area contributed by atoms with Crippen LogP contribution in [0.3, 0.4) is 0 Å². The fourth-order valence-electron chi connectivity index (χ4n) is 2.92. The molecule has 150 valence electrons. The topological polar surface area (TPSA) is 84.9 Å². The Bertz CT molecular complexity index is 895. The van der Waals surface area contributed by atoms with Crippen molar-refractivity contribution in [1.82, 2.24) is 0 Å². The van der Waals surface area contributed by atoms with E-state index in [1.54, 1.807) is 36.4 Å². The molecule has 2 aromatic carbocycles. The lowest BCUT2D eigenvalue weighted by Crippen LogP contribution is -2.25. The maximum absolute atomic E-state index is 12.1. The van der Waals surface area contributed by atoms with Crippen LogP contribution in [-0.2, 0) is 14.8 Å². The molecule has 2 aromatic rings. The standard InChI is InChI=1S/C20H24N2O5S/c1-2-26-18-8-10-19(11-9-18)27-14-12-20(23)21-16-4-6-17(7-5-16)22-13-3-15-28(22,24)25/h4-11H,2-3,12-15H2,1H3,(H,21,23). The van der Waals surface area contributed by atoms with E-state index in [9.17, 15) is 13.2 Å².